The number of ether oxygens (including phenoxy) is 1. The third-order valence-electron chi connectivity index (χ3n) is 3.72. The smallest absolute Gasteiger partial charge is 0.228 e. The van der Waals surface area contributed by atoms with Crippen LogP contribution in [-0.2, 0) is 9.53 Å². The van der Waals surface area contributed by atoms with Crippen molar-refractivity contribution in [3.63, 3.8) is 0 Å². The van der Waals surface area contributed by atoms with Gasteiger partial charge in [-0.15, -0.1) is 0 Å². The van der Waals surface area contributed by atoms with Gasteiger partial charge in [0.05, 0.1) is 13.2 Å². The first-order chi connectivity index (χ1) is 9.74. The molecule has 0 radical (unpaired) electrons. The zero-order valence-electron chi connectivity index (χ0n) is 11.8. The van der Waals surface area contributed by atoms with Gasteiger partial charge in [0.25, 0.3) is 0 Å². The molecule has 0 aromatic carbocycles. The molecule has 3 heterocycles. The van der Waals surface area contributed by atoms with Gasteiger partial charge in [0.1, 0.15) is 5.82 Å². The number of nitrogens with zero attached hydrogens (tertiary/aromatic N) is 4. The summed E-state index contributed by atoms with van der Waals surface area (Å²) in [6, 6.07) is 1.90. The molecule has 0 spiro atoms. The van der Waals surface area contributed by atoms with Gasteiger partial charge in [-0.25, -0.2) is 4.98 Å². The Balaban J connectivity index is 1.87. The number of rotatable bonds is 2. The maximum atomic E-state index is 12.0. The maximum absolute atomic E-state index is 12.0. The van der Waals surface area contributed by atoms with Gasteiger partial charge in [-0.2, -0.15) is 4.98 Å². The molecular weight excluding hydrogens is 256 g/mol. The summed E-state index contributed by atoms with van der Waals surface area (Å²) in [6.07, 6.45) is 2.65. The summed E-state index contributed by atoms with van der Waals surface area (Å²) in [7, 11) is 0. The van der Waals surface area contributed by atoms with Crippen molar-refractivity contribution >= 4 is 17.7 Å². The Morgan fingerprint density at radius 1 is 1.15 bits per heavy atom. The van der Waals surface area contributed by atoms with Crippen molar-refractivity contribution in [2.75, 3.05) is 42.6 Å². The Kier molecular flexibility index (Phi) is 3.82. The Hall–Kier alpha value is -1.69. The highest BCUT2D eigenvalue weighted by molar-refractivity contribution is 5.93. The van der Waals surface area contributed by atoms with Crippen LogP contribution in [0.4, 0.5) is 11.8 Å². The number of anilines is 2. The minimum atomic E-state index is 0.169. The fraction of sp³-hybridized carbons (Fsp3) is 0.643. The van der Waals surface area contributed by atoms with E-state index < -0.39 is 0 Å². The van der Waals surface area contributed by atoms with Crippen molar-refractivity contribution in [3.8, 4) is 0 Å². The molecule has 2 saturated heterocycles. The molecule has 3 rings (SSSR count). The number of amides is 1. The fourth-order valence-corrected chi connectivity index (χ4v) is 2.63. The van der Waals surface area contributed by atoms with E-state index in [-0.39, 0.29) is 5.91 Å². The molecule has 0 saturated carbocycles. The number of morpholine rings is 1. The molecule has 1 aromatic heterocycles. The van der Waals surface area contributed by atoms with Crippen LogP contribution in [0.15, 0.2) is 6.07 Å². The molecule has 2 aliphatic heterocycles. The summed E-state index contributed by atoms with van der Waals surface area (Å²) >= 11 is 0. The van der Waals surface area contributed by atoms with Crippen LogP contribution in [0, 0.1) is 6.92 Å². The van der Waals surface area contributed by atoms with E-state index in [4.69, 9.17) is 4.74 Å². The molecule has 0 bridgehead atoms. The molecule has 6 nitrogen and oxygen atoms in total. The third-order valence-corrected chi connectivity index (χ3v) is 3.72. The number of aryl methyl sites for hydroxylation is 1. The molecule has 0 N–H and O–H groups in total. The molecule has 0 unspecified atom stereocenters. The van der Waals surface area contributed by atoms with E-state index in [9.17, 15) is 4.79 Å². The summed E-state index contributed by atoms with van der Waals surface area (Å²) in [5.74, 6) is 1.62. The Morgan fingerprint density at radius 3 is 2.70 bits per heavy atom. The van der Waals surface area contributed by atoms with Crippen molar-refractivity contribution in [3.05, 3.63) is 11.8 Å². The molecule has 2 aliphatic rings. The molecule has 6 heteroatoms. The summed E-state index contributed by atoms with van der Waals surface area (Å²) in [4.78, 5) is 25.0. The molecule has 20 heavy (non-hydrogen) atoms. The van der Waals surface area contributed by atoms with Crippen molar-refractivity contribution in [2.24, 2.45) is 0 Å². The van der Waals surface area contributed by atoms with Gasteiger partial charge in [-0.3, -0.25) is 9.69 Å². The highest BCUT2D eigenvalue weighted by Crippen LogP contribution is 2.22. The van der Waals surface area contributed by atoms with E-state index in [0.717, 1.165) is 44.0 Å². The molecule has 0 atom stereocenters. The van der Waals surface area contributed by atoms with Crippen LogP contribution in [-0.4, -0.2) is 48.7 Å². The van der Waals surface area contributed by atoms with Crippen LogP contribution >= 0.6 is 0 Å². The van der Waals surface area contributed by atoms with Gasteiger partial charge in [0.15, 0.2) is 0 Å². The highest BCUT2D eigenvalue weighted by Gasteiger charge is 2.23. The van der Waals surface area contributed by atoms with Crippen LogP contribution < -0.4 is 9.80 Å². The average Bonchev–Trinajstić information content (AvgIpc) is 2.48. The predicted molar refractivity (Wildman–Crippen MR) is 76.0 cm³/mol. The van der Waals surface area contributed by atoms with E-state index in [1.807, 2.05) is 13.0 Å². The van der Waals surface area contributed by atoms with Gasteiger partial charge in [0, 0.05) is 37.8 Å². The Labute approximate surface area is 118 Å². The van der Waals surface area contributed by atoms with E-state index in [0.29, 0.717) is 25.6 Å². The molecule has 1 aromatic rings. The second kappa shape index (κ2) is 5.75. The predicted octanol–water partition coefficient (Wildman–Crippen LogP) is 1.14. The van der Waals surface area contributed by atoms with Gasteiger partial charge in [-0.1, -0.05) is 0 Å². The highest BCUT2D eigenvalue weighted by atomic mass is 16.5. The van der Waals surface area contributed by atoms with Crippen LogP contribution in [0.1, 0.15) is 25.0 Å². The second-order valence-electron chi connectivity index (χ2n) is 5.27. The second-order valence-corrected chi connectivity index (χ2v) is 5.27. The lowest BCUT2D eigenvalue weighted by Crippen LogP contribution is -2.39. The zero-order valence-corrected chi connectivity index (χ0v) is 11.8. The number of aromatic nitrogens is 2. The molecule has 0 aliphatic carbocycles. The maximum Gasteiger partial charge on any atom is 0.228 e. The van der Waals surface area contributed by atoms with Gasteiger partial charge in [0.2, 0.25) is 11.9 Å². The van der Waals surface area contributed by atoms with Crippen LogP contribution in [0.2, 0.25) is 0 Å². The topological polar surface area (TPSA) is 58.6 Å². The van der Waals surface area contributed by atoms with Crippen molar-refractivity contribution in [2.45, 2.75) is 26.2 Å². The van der Waals surface area contributed by atoms with Crippen molar-refractivity contribution < 1.29 is 9.53 Å². The Bertz CT molecular complexity index is 500. The largest absolute Gasteiger partial charge is 0.378 e. The standard InChI is InChI=1S/C14H20N4O2/c1-11-10-12(18-5-3-2-4-13(18)19)16-14(15-11)17-6-8-20-9-7-17/h10H,2-9H2,1H3. The number of hydrogen-bond donors (Lipinski definition) is 0. The Morgan fingerprint density at radius 2 is 1.95 bits per heavy atom. The number of carbonyl (C=O) groups is 1. The average molecular weight is 276 g/mol. The summed E-state index contributed by atoms with van der Waals surface area (Å²) in [5, 5.41) is 0. The van der Waals surface area contributed by atoms with Gasteiger partial charge < -0.3 is 9.64 Å². The van der Waals surface area contributed by atoms with Crippen LogP contribution in [0.3, 0.4) is 0 Å². The van der Waals surface area contributed by atoms with Crippen molar-refractivity contribution in [1.29, 1.82) is 0 Å². The summed E-state index contributed by atoms with van der Waals surface area (Å²) in [6.45, 7) is 5.72. The normalized spacial score (nSPS) is 20.4. The summed E-state index contributed by atoms with van der Waals surface area (Å²) in [5.41, 5.74) is 0.898. The summed E-state index contributed by atoms with van der Waals surface area (Å²) < 4.78 is 5.35. The minimum absolute atomic E-state index is 0.169. The van der Waals surface area contributed by atoms with E-state index >= 15 is 0 Å². The van der Waals surface area contributed by atoms with Gasteiger partial charge >= 0.3 is 0 Å². The first-order valence-electron chi connectivity index (χ1n) is 7.23. The molecule has 2 fully saturated rings. The quantitative estimate of drug-likeness (QED) is 0.810. The third kappa shape index (κ3) is 2.75. The molecule has 1 amide bonds. The monoisotopic (exact) mass is 276 g/mol. The first-order valence-corrected chi connectivity index (χ1v) is 7.23. The SMILES string of the molecule is Cc1cc(N2CCCCC2=O)nc(N2CCOCC2)n1. The van der Waals surface area contributed by atoms with Gasteiger partial charge in [-0.05, 0) is 19.8 Å². The van der Waals surface area contributed by atoms with Crippen molar-refractivity contribution in [1.82, 2.24) is 9.97 Å². The van der Waals surface area contributed by atoms with E-state index in [1.54, 1.807) is 4.90 Å². The lowest BCUT2D eigenvalue weighted by atomic mass is 10.1. The molecule has 108 valence electrons. The zero-order chi connectivity index (χ0) is 13.9. The van der Waals surface area contributed by atoms with Crippen LogP contribution in [0.5, 0.6) is 0 Å². The molecular formula is C14H20N4O2. The number of hydrogen-bond acceptors (Lipinski definition) is 5. The minimum Gasteiger partial charge on any atom is -0.378 e. The van der Waals surface area contributed by atoms with E-state index in [1.165, 1.54) is 0 Å². The first kappa shape index (κ1) is 13.3. The number of piperidine rings is 1. The lowest BCUT2D eigenvalue weighted by molar-refractivity contribution is -0.119. The fourth-order valence-electron chi connectivity index (χ4n) is 2.63. The van der Waals surface area contributed by atoms with E-state index in [2.05, 4.69) is 14.9 Å². The number of carbonyl (C=O) groups excluding carboxylic acids is 1. The van der Waals surface area contributed by atoms with Crippen LogP contribution in [0.25, 0.3) is 0 Å². The lowest BCUT2D eigenvalue weighted by Gasteiger charge is -2.29.